The fraction of sp³-hybridized carbons (Fsp3) is 0.714. The Hall–Kier alpha value is -2.40. The van der Waals surface area contributed by atoms with Gasteiger partial charge in [-0.15, -0.1) is 0 Å². The first-order chi connectivity index (χ1) is 14.0. The van der Waals surface area contributed by atoms with Crippen LogP contribution in [0, 0.1) is 11.3 Å². The Morgan fingerprint density at radius 1 is 1.07 bits per heavy atom. The molecule has 1 aromatic heterocycles. The van der Waals surface area contributed by atoms with E-state index in [0.717, 1.165) is 51.4 Å². The third kappa shape index (κ3) is 5.15. The second kappa shape index (κ2) is 8.54. The summed E-state index contributed by atoms with van der Waals surface area (Å²) >= 11 is 0. The molecule has 4 rings (SSSR count). The van der Waals surface area contributed by atoms with Gasteiger partial charge < -0.3 is 19.1 Å². The van der Waals surface area contributed by atoms with Crippen LogP contribution in [-0.4, -0.2) is 58.0 Å². The highest BCUT2D eigenvalue weighted by Crippen LogP contribution is 2.39. The van der Waals surface area contributed by atoms with Crippen molar-refractivity contribution >= 4 is 6.09 Å². The molecule has 0 spiro atoms. The number of hydrogen-bond donors (Lipinski definition) is 0. The molecule has 3 aliphatic rings. The van der Waals surface area contributed by atoms with Gasteiger partial charge in [0.15, 0.2) is 0 Å². The van der Waals surface area contributed by atoms with E-state index in [0.29, 0.717) is 19.0 Å². The molecule has 0 unspecified atom stereocenters. The van der Waals surface area contributed by atoms with Gasteiger partial charge in [0.05, 0.1) is 12.2 Å². The highest BCUT2D eigenvalue weighted by atomic mass is 16.6. The van der Waals surface area contributed by atoms with E-state index < -0.39 is 0 Å². The van der Waals surface area contributed by atoms with Crippen LogP contribution < -0.4 is 4.74 Å². The third-order valence-electron chi connectivity index (χ3n) is 6.04. The van der Waals surface area contributed by atoms with Gasteiger partial charge >= 0.3 is 6.09 Å². The summed E-state index contributed by atoms with van der Waals surface area (Å²) in [6.45, 7) is 3.38. The molecule has 3 fully saturated rings. The lowest BCUT2D eigenvalue weighted by Gasteiger charge is -2.36. The van der Waals surface area contributed by atoms with Gasteiger partial charge in [0, 0.05) is 25.5 Å². The van der Waals surface area contributed by atoms with Crippen LogP contribution in [0.1, 0.15) is 64.0 Å². The van der Waals surface area contributed by atoms with Gasteiger partial charge in [-0.1, -0.05) is 0 Å². The number of piperidine rings is 1. The summed E-state index contributed by atoms with van der Waals surface area (Å²) in [7, 11) is 0. The number of nitrogens with zero attached hydrogens (tertiary/aromatic N) is 4. The second-order valence-electron chi connectivity index (χ2n) is 8.48. The quantitative estimate of drug-likeness (QED) is 0.748. The maximum absolute atomic E-state index is 12.2. The van der Waals surface area contributed by atoms with Gasteiger partial charge in [-0.05, 0) is 58.3 Å². The van der Waals surface area contributed by atoms with Gasteiger partial charge in [-0.2, -0.15) is 5.26 Å². The minimum Gasteiger partial charge on any atom is -0.472 e. The van der Waals surface area contributed by atoms with Crippen molar-refractivity contribution in [3.05, 3.63) is 18.1 Å². The first-order valence-electron chi connectivity index (χ1n) is 10.6. The van der Waals surface area contributed by atoms with E-state index in [1.165, 1.54) is 12.4 Å². The van der Waals surface area contributed by atoms with Crippen LogP contribution in [0.4, 0.5) is 4.79 Å². The van der Waals surface area contributed by atoms with Crippen LogP contribution in [0.25, 0.3) is 0 Å². The number of carbonyl (C=O) groups is 1. The number of likely N-dealkylation sites (tertiary alicyclic amines) is 1. The summed E-state index contributed by atoms with van der Waals surface area (Å²) in [6, 6.07) is 2.02. The third-order valence-corrected chi connectivity index (χ3v) is 6.04. The predicted octanol–water partition coefficient (Wildman–Crippen LogP) is 3.21. The molecule has 1 aliphatic heterocycles. The zero-order chi connectivity index (χ0) is 20.3. The Bertz CT molecular complexity index is 760. The van der Waals surface area contributed by atoms with Crippen molar-refractivity contribution in [1.82, 2.24) is 14.9 Å². The average molecular weight is 400 g/mol. The lowest BCUT2D eigenvalue weighted by Crippen LogP contribution is -2.43. The maximum Gasteiger partial charge on any atom is 0.410 e. The molecule has 1 saturated heterocycles. The molecule has 0 atom stereocenters. The molecule has 2 heterocycles. The fourth-order valence-electron chi connectivity index (χ4n) is 3.93. The average Bonchev–Trinajstić information content (AvgIpc) is 3.47. The topological polar surface area (TPSA) is 97.6 Å². The van der Waals surface area contributed by atoms with Crippen molar-refractivity contribution in [2.75, 3.05) is 13.1 Å². The molecular formula is C21H28N4O4. The first kappa shape index (κ1) is 19.9. The van der Waals surface area contributed by atoms with Crippen LogP contribution >= 0.6 is 0 Å². The highest BCUT2D eigenvalue weighted by Gasteiger charge is 2.43. The monoisotopic (exact) mass is 400 g/mol. The molecule has 0 aromatic carbocycles. The van der Waals surface area contributed by atoms with Crippen LogP contribution in [0.2, 0.25) is 0 Å². The van der Waals surface area contributed by atoms with Gasteiger partial charge in [-0.3, -0.25) is 0 Å². The minimum atomic E-state index is -0.218. The molecule has 0 radical (unpaired) electrons. The van der Waals surface area contributed by atoms with Crippen molar-refractivity contribution in [2.24, 2.45) is 0 Å². The van der Waals surface area contributed by atoms with E-state index in [-0.39, 0.29) is 35.7 Å². The van der Waals surface area contributed by atoms with E-state index in [1.54, 1.807) is 0 Å². The van der Waals surface area contributed by atoms with Crippen molar-refractivity contribution < 1.29 is 19.0 Å². The standard InChI is InChI=1S/C21H28N4O4/c1-21(8-9-21)29-20(26)25-12-6-17(7-13-25)27-15-2-4-16(5-3-15)28-19-18(14-22)23-10-11-24-19/h10-11,15-17H,2-9,12-13H2,1H3. The summed E-state index contributed by atoms with van der Waals surface area (Å²) in [6.07, 6.45) is 10.6. The van der Waals surface area contributed by atoms with Crippen molar-refractivity contribution in [1.29, 1.82) is 5.26 Å². The maximum atomic E-state index is 12.2. The predicted molar refractivity (Wildman–Crippen MR) is 103 cm³/mol. The molecule has 0 bridgehead atoms. The zero-order valence-electron chi connectivity index (χ0n) is 16.9. The van der Waals surface area contributed by atoms with Crippen LogP contribution in [0.15, 0.2) is 12.4 Å². The normalized spacial score (nSPS) is 26.4. The second-order valence-corrected chi connectivity index (χ2v) is 8.48. The molecule has 1 aromatic rings. The molecule has 156 valence electrons. The lowest BCUT2D eigenvalue weighted by atomic mass is 9.94. The van der Waals surface area contributed by atoms with Gasteiger partial charge in [0.2, 0.25) is 5.69 Å². The fourth-order valence-corrected chi connectivity index (χ4v) is 3.93. The largest absolute Gasteiger partial charge is 0.472 e. The summed E-state index contributed by atoms with van der Waals surface area (Å²) in [5.74, 6) is 0.318. The van der Waals surface area contributed by atoms with Crippen molar-refractivity contribution in [3.63, 3.8) is 0 Å². The lowest BCUT2D eigenvalue weighted by molar-refractivity contribution is -0.0665. The molecular weight excluding hydrogens is 372 g/mol. The van der Waals surface area contributed by atoms with Crippen molar-refractivity contribution in [3.8, 4) is 11.9 Å². The molecule has 0 N–H and O–H groups in total. The smallest absolute Gasteiger partial charge is 0.410 e. The van der Waals surface area contributed by atoms with E-state index in [4.69, 9.17) is 19.5 Å². The number of hydrogen-bond acceptors (Lipinski definition) is 7. The molecule has 1 amide bonds. The number of ether oxygens (including phenoxy) is 3. The van der Waals surface area contributed by atoms with E-state index in [9.17, 15) is 4.79 Å². The van der Waals surface area contributed by atoms with Crippen molar-refractivity contribution in [2.45, 2.75) is 82.2 Å². The molecule has 8 nitrogen and oxygen atoms in total. The molecule has 8 heteroatoms. The zero-order valence-corrected chi connectivity index (χ0v) is 16.9. The minimum absolute atomic E-state index is 0.0408. The van der Waals surface area contributed by atoms with E-state index in [2.05, 4.69) is 9.97 Å². The van der Waals surface area contributed by atoms with E-state index in [1.807, 2.05) is 17.9 Å². The molecule has 29 heavy (non-hydrogen) atoms. The van der Waals surface area contributed by atoms with Crippen LogP contribution in [0.5, 0.6) is 5.88 Å². The van der Waals surface area contributed by atoms with Gasteiger partial charge in [-0.25, -0.2) is 14.8 Å². The number of carbonyl (C=O) groups excluding carboxylic acids is 1. The molecule has 2 aliphatic carbocycles. The number of rotatable bonds is 5. The summed E-state index contributed by atoms with van der Waals surface area (Å²) < 4.78 is 17.7. The van der Waals surface area contributed by atoms with E-state index >= 15 is 0 Å². The summed E-state index contributed by atoms with van der Waals surface area (Å²) in [5.41, 5.74) is 0.0108. The SMILES string of the molecule is CC1(OC(=O)N2CCC(OC3CCC(Oc4nccnc4C#N)CC3)CC2)CC1. The number of amides is 1. The Balaban J connectivity index is 1.17. The Morgan fingerprint density at radius 3 is 2.34 bits per heavy atom. The number of aromatic nitrogens is 2. The summed E-state index contributed by atoms with van der Waals surface area (Å²) in [5, 5.41) is 9.10. The highest BCUT2D eigenvalue weighted by molar-refractivity contribution is 5.68. The Morgan fingerprint density at radius 2 is 1.69 bits per heavy atom. The van der Waals surface area contributed by atoms with Crippen LogP contribution in [-0.2, 0) is 9.47 Å². The Labute approximate surface area is 171 Å². The summed E-state index contributed by atoms with van der Waals surface area (Å²) in [4.78, 5) is 22.1. The molecule has 2 saturated carbocycles. The Kier molecular flexibility index (Phi) is 5.86. The van der Waals surface area contributed by atoms with Crippen LogP contribution in [0.3, 0.4) is 0 Å². The van der Waals surface area contributed by atoms with Gasteiger partial charge in [0.1, 0.15) is 17.8 Å². The number of nitriles is 1. The van der Waals surface area contributed by atoms with Gasteiger partial charge in [0.25, 0.3) is 5.88 Å². The first-order valence-corrected chi connectivity index (χ1v) is 10.6.